The molecule has 1 aromatic heterocycles. The Labute approximate surface area is 165 Å². The van der Waals surface area contributed by atoms with E-state index in [1.165, 1.54) is 24.6 Å². The molecule has 1 heterocycles. The van der Waals surface area contributed by atoms with E-state index in [2.05, 4.69) is 50.5 Å². The normalized spacial score (nSPS) is 13.4. The molecule has 3 rings (SSSR count). The standard InChI is InChI=1S/C20H27N5OS/c1-5-12-25-19(16-8-9-16)21-22-20(25)27-14-18(26)24(4)13-15-6-10-17(11-7-15)23(2)3/h5-7,10-11,16H,1,8-9,12-14H2,2-4H3. The van der Waals surface area contributed by atoms with Gasteiger partial charge in [-0.05, 0) is 30.5 Å². The number of rotatable bonds is 9. The number of hydrogen-bond donors (Lipinski definition) is 0. The molecule has 1 fully saturated rings. The molecule has 0 atom stereocenters. The highest BCUT2D eigenvalue weighted by Crippen LogP contribution is 2.40. The van der Waals surface area contributed by atoms with Crippen LogP contribution < -0.4 is 4.90 Å². The van der Waals surface area contributed by atoms with Gasteiger partial charge in [-0.25, -0.2) is 0 Å². The van der Waals surface area contributed by atoms with Crippen molar-refractivity contribution in [3.05, 3.63) is 48.3 Å². The van der Waals surface area contributed by atoms with Gasteiger partial charge >= 0.3 is 0 Å². The Morgan fingerprint density at radius 2 is 1.96 bits per heavy atom. The van der Waals surface area contributed by atoms with E-state index >= 15 is 0 Å². The predicted molar refractivity (Wildman–Crippen MR) is 110 cm³/mol. The fourth-order valence-corrected chi connectivity index (χ4v) is 3.74. The number of allylic oxidation sites excluding steroid dienone is 1. The van der Waals surface area contributed by atoms with Crippen LogP contribution in [-0.4, -0.2) is 52.5 Å². The highest BCUT2D eigenvalue weighted by Gasteiger charge is 2.30. The Hall–Kier alpha value is -2.28. The molecule has 0 N–H and O–H groups in total. The number of benzene rings is 1. The molecule has 144 valence electrons. The molecule has 0 bridgehead atoms. The average molecular weight is 386 g/mol. The van der Waals surface area contributed by atoms with Gasteiger partial charge in [-0.15, -0.1) is 16.8 Å². The maximum absolute atomic E-state index is 12.5. The van der Waals surface area contributed by atoms with Gasteiger partial charge in [0, 0.05) is 45.8 Å². The van der Waals surface area contributed by atoms with Gasteiger partial charge in [-0.1, -0.05) is 30.0 Å². The summed E-state index contributed by atoms with van der Waals surface area (Å²) in [6, 6.07) is 8.27. The molecule has 1 saturated carbocycles. The van der Waals surface area contributed by atoms with E-state index in [0.717, 1.165) is 22.2 Å². The van der Waals surface area contributed by atoms with Crippen LogP contribution >= 0.6 is 11.8 Å². The van der Waals surface area contributed by atoms with E-state index in [1.54, 1.807) is 4.90 Å². The SMILES string of the molecule is C=CCn1c(SCC(=O)N(C)Cc2ccc(N(C)C)cc2)nnc1C1CC1. The number of carbonyl (C=O) groups is 1. The summed E-state index contributed by atoms with van der Waals surface area (Å²) in [4.78, 5) is 16.4. The molecule has 1 aliphatic carbocycles. The van der Waals surface area contributed by atoms with Crippen molar-refractivity contribution in [2.45, 2.75) is 37.0 Å². The van der Waals surface area contributed by atoms with Crippen molar-refractivity contribution in [1.29, 1.82) is 0 Å². The topological polar surface area (TPSA) is 54.3 Å². The number of thioether (sulfide) groups is 1. The van der Waals surface area contributed by atoms with Gasteiger partial charge < -0.3 is 14.4 Å². The molecule has 0 radical (unpaired) electrons. The molecule has 6 nitrogen and oxygen atoms in total. The van der Waals surface area contributed by atoms with Gasteiger partial charge in [-0.2, -0.15) is 0 Å². The Bertz CT molecular complexity index is 795. The zero-order chi connectivity index (χ0) is 19.4. The summed E-state index contributed by atoms with van der Waals surface area (Å²) >= 11 is 1.45. The van der Waals surface area contributed by atoms with Gasteiger partial charge in [0.2, 0.25) is 5.91 Å². The first-order valence-corrected chi connectivity index (χ1v) is 10.1. The zero-order valence-electron chi connectivity index (χ0n) is 16.3. The van der Waals surface area contributed by atoms with Crippen LogP contribution in [0.15, 0.2) is 42.1 Å². The lowest BCUT2D eigenvalue weighted by Gasteiger charge is -2.18. The van der Waals surface area contributed by atoms with E-state index < -0.39 is 0 Å². The van der Waals surface area contributed by atoms with Crippen molar-refractivity contribution in [1.82, 2.24) is 19.7 Å². The third kappa shape index (κ3) is 4.91. The molecule has 1 aliphatic rings. The second-order valence-electron chi connectivity index (χ2n) is 7.11. The minimum Gasteiger partial charge on any atom is -0.378 e. The number of amides is 1. The van der Waals surface area contributed by atoms with E-state index in [0.29, 0.717) is 24.8 Å². The molecule has 2 aromatic rings. The minimum atomic E-state index is 0.0813. The highest BCUT2D eigenvalue weighted by atomic mass is 32.2. The van der Waals surface area contributed by atoms with E-state index in [9.17, 15) is 4.79 Å². The first kappa shape index (κ1) is 19.5. The van der Waals surface area contributed by atoms with Crippen molar-refractivity contribution < 1.29 is 4.79 Å². The van der Waals surface area contributed by atoms with Crippen molar-refractivity contribution >= 4 is 23.4 Å². The van der Waals surface area contributed by atoms with Gasteiger partial charge in [-0.3, -0.25) is 4.79 Å². The first-order valence-electron chi connectivity index (χ1n) is 9.16. The van der Waals surface area contributed by atoms with Gasteiger partial charge in [0.25, 0.3) is 0 Å². The van der Waals surface area contributed by atoms with Crippen LogP contribution in [0.4, 0.5) is 5.69 Å². The van der Waals surface area contributed by atoms with Gasteiger partial charge in [0.1, 0.15) is 5.82 Å². The molecular weight excluding hydrogens is 358 g/mol. The van der Waals surface area contributed by atoms with Crippen molar-refractivity contribution in [2.75, 3.05) is 31.8 Å². The lowest BCUT2D eigenvalue weighted by Crippen LogP contribution is -2.28. The molecule has 1 aromatic carbocycles. The van der Waals surface area contributed by atoms with Gasteiger partial charge in [0.15, 0.2) is 5.16 Å². The van der Waals surface area contributed by atoms with Crippen LogP contribution in [0.3, 0.4) is 0 Å². The molecule has 0 unspecified atom stereocenters. The van der Waals surface area contributed by atoms with Crippen LogP contribution in [0.25, 0.3) is 0 Å². The Morgan fingerprint density at radius 3 is 2.56 bits per heavy atom. The van der Waals surface area contributed by atoms with Crippen LogP contribution in [0, 0.1) is 0 Å². The fraction of sp³-hybridized carbons (Fsp3) is 0.450. The largest absolute Gasteiger partial charge is 0.378 e. The molecule has 7 heteroatoms. The van der Waals surface area contributed by atoms with Crippen LogP contribution in [0.1, 0.15) is 30.1 Å². The Morgan fingerprint density at radius 1 is 1.26 bits per heavy atom. The maximum Gasteiger partial charge on any atom is 0.233 e. The summed E-state index contributed by atoms with van der Waals surface area (Å²) in [7, 11) is 5.87. The van der Waals surface area contributed by atoms with Crippen molar-refractivity contribution in [2.24, 2.45) is 0 Å². The second-order valence-corrected chi connectivity index (χ2v) is 8.06. The zero-order valence-corrected chi connectivity index (χ0v) is 17.1. The monoisotopic (exact) mass is 385 g/mol. The Kier molecular flexibility index (Phi) is 6.21. The number of hydrogen-bond acceptors (Lipinski definition) is 5. The van der Waals surface area contributed by atoms with E-state index in [1.807, 2.05) is 27.2 Å². The second kappa shape index (κ2) is 8.61. The number of carbonyl (C=O) groups excluding carboxylic acids is 1. The van der Waals surface area contributed by atoms with E-state index in [4.69, 9.17) is 0 Å². The van der Waals surface area contributed by atoms with E-state index in [-0.39, 0.29) is 5.91 Å². The molecule has 27 heavy (non-hydrogen) atoms. The summed E-state index contributed by atoms with van der Waals surface area (Å²) in [6.07, 6.45) is 4.20. The lowest BCUT2D eigenvalue weighted by atomic mass is 10.2. The third-order valence-corrected chi connectivity index (χ3v) is 5.57. The summed E-state index contributed by atoms with van der Waals surface area (Å²) in [6.45, 7) is 5.10. The summed E-state index contributed by atoms with van der Waals surface area (Å²) in [5.41, 5.74) is 2.27. The molecule has 1 amide bonds. The van der Waals surface area contributed by atoms with Crippen molar-refractivity contribution in [3.63, 3.8) is 0 Å². The van der Waals surface area contributed by atoms with Crippen LogP contribution in [0.2, 0.25) is 0 Å². The predicted octanol–water partition coefficient (Wildman–Crippen LogP) is 3.16. The summed E-state index contributed by atoms with van der Waals surface area (Å²) in [5.74, 6) is 1.99. The first-order chi connectivity index (χ1) is 13.0. The lowest BCUT2D eigenvalue weighted by molar-refractivity contribution is -0.127. The molecular formula is C20H27N5OS. The van der Waals surface area contributed by atoms with Crippen molar-refractivity contribution in [3.8, 4) is 0 Å². The number of anilines is 1. The van der Waals surface area contributed by atoms with Crippen LogP contribution in [0.5, 0.6) is 0 Å². The Balaban J connectivity index is 1.56. The molecule has 0 aliphatic heterocycles. The number of aromatic nitrogens is 3. The quantitative estimate of drug-likeness (QED) is 0.490. The summed E-state index contributed by atoms with van der Waals surface area (Å²) < 4.78 is 2.09. The third-order valence-electron chi connectivity index (χ3n) is 4.62. The average Bonchev–Trinajstić information content (AvgIpc) is 3.42. The molecule has 0 saturated heterocycles. The fourth-order valence-electron chi connectivity index (χ4n) is 2.85. The highest BCUT2D eigenvalue weighted by molar-refractivity contribution is 7.99. The smallest absolute Gasteiger partial charge is 0.233 e. The molecule has 0 spiro atoms. The van der Waals surface area contributed by atoms with Gasteiger partial charge in [0.05, 0.1) is 5.75 Å². The minimum absolute atomic E-state index is 0.0813. The maximum atomic E-state index is 12.5. The number of nitrogens with zero attached hydrogens (tertiary/aromatic N) is 5. The summed E-state index contributed by atoms with van der Waals surface area (Å²) in [5, 5.41) is 9.42. The van der Waals surface area contributed by atoms with Crippen LogP contribution in [-0.2, 0) is 17.9 Å².